The Morgan fingerprint density at radius 3 is 2.46 bits per heavy atom. The van der Waals surface area contributed by atoms with Crippen molar-refractivity contribution in [2.75, 3.05) is 10.2 Å². The Bertz CT molecular complexity index is 1000. The second-order valence-electron chi connectivity index (χ2n) is 6.22. The van der Waals surface area contributed by atoms with Crippen LogP contribution in [0.25, 0.3) is 0 Å². The monoisotopic (exact) mass is 382 g/mol. The lowest BCUT2D eigenvalue weighted by Gasteiger charge is -2.28. The highest BCUT2D eigenvalue weighted by molar-refractivity contribution is 6.36. The van der Waals surface area contributed by atoms with Crippen molar-refractivity contribution in [3.63, 3.8) is 0 Å². The number of halogens is 2. The summed E-state index contributed by atoms with van der Waals surface area (Å²) in [5, 5.41) is 4.50. The van der Waals surface area contributed by atoms with E-state index in [2.05, 4.69) is 5.32 Å². The summed E-state index contributed by atoms with van der Waals surface area (Å²) in [5.74, 6) is -0.0301. The van der Waals surface area contributed by atoms with E-state index in [1.165, 1.54) is 0 Å². The third kappa shape index (κ3) is 2.83. The van der Waals surface area contributed by atoms with Crippen LogP contribution in [0.2, 0.25) is 10.0 Å². The van der Waals surface area contributed by atoms with Gasteiger partial charge in [-0.1, -0.05) is 59.6 Å². The molecule has 4 rings (SSSR count). The van der Waals surface area contributed by atoms with E-state index in [1.807, 2.05) is 61.5 Å². The number of nitrogens with one attached hydrogen (secondary N) is 1. The largest absolute Gasteiger partial charge is 0.360 e. The number of nitrogens with zero attached hydrogens (tertiary/aromatic N) is 1. The lowest BCUT2D eigenvalue weighted by Crippen LogP contribution is -2.32. The van der Waals surface area contributed by atoms with Gasteiger partial charge in [-0.25, -0.2) is 0 Å². The SMILES string of the molecule is Cc1ccccc1N1C(=O)c2ccccc2[C@H]1Nc1ccc(Cl)cc1Cl. The van der Waals surface area contributed by atoms with Gasteiger partial charge in [0.1, 0.15) is 6.17 Å². The number of para-hydroxylation sites is 1. The van der Waals surface area contributed by atoms with Crippen LogP contribution >= 0.6 is 23.2 Å². The minimum absolute atomic E-state index is 0.0301. The van der Waals surface area contributed by atoms with Gasteiger partial charge in [0.05, 0.1) is 10.7 Å². The zero-order valence-electron chi connectivity index (χ0n) is 14.0. The second-order valence-corrected chi connectivity index (χ2v) is 7.06. The van der Waals surface area contributed by atoms with Gasteiger partial charge in [-0.05, 0) is 42.8 Å². The van der Waals surface area contributed by atoms with Crippen molar-refractivity contribution < 1.29 is 4.79 Å². The van der Waals surface area contributed by atoms with Gasteiger partial charge in [0.15, 0.2) is 0 Å². The van der Waals surface area contributed by atoms with Crippen molar-refractivity contribution in [2.45, 2.75) is 13.1 Å². The topological polar surface area (TPSA) is 32.3 Å². The van der Waals surface area contributed by atoms with Crippen LogP contribution in [0.5, 0.6) is 0 Å². The van der Waals surface area contributed by atoms with Crippen molar-refractivity contribution in [1.82, 2.24) is 0 Å². The normalized spacial score (nSPS) is 15.9. The molecule has 0 spiro atoms. The summed E-state index contributed by atoms with van der Waals surface area (Å²) in [5.41, 5.74) is 4.24. The average molecular weight is 383 g/mol. The molecule has 0 bridgehead atoms. The third-order valence-electron chi connectivity index (χ3n) is 4.56. The Hall–Kier alpha value is -2.49. The highest BCUT2D eigenvalue weighted by Gasteiger charge is 2.38. The standard InChI is InChI=1S/C21H16Cl2N2O/c1-13-6-2-5-9-19(13)25-20(15-7-3-4-8-16(15)21(25)26)24-18-11-10-14(22)12-17(18)23/h2-12,20,24H,1H3/t20-/m0/s1. The number of carbonyl (C=O) groups excluding carboxylic acids is 1. The van der Waals surface area contributed by atoms with Gasteiger partial charge in [-0.3, -0.25) is 9.69 Å². The molecule has 0 saturated heterocycles. The first-order chi connectivity index (χ1) is 12.6. The van der Waals surface area contributed by atoms with Gasteiger partial charge < -0.3 is 5.32 Å². The molecule has 130 valence electrons. The predicted molar refractivity (Wildman–Crippen MR) is 107 cm³/mol. The molecule has 0 aromatic heterocycles. The number of hydrogen-bond donors (Lipinski definition) is 1. The highest BCUT2D eigenvalue weighted by Crippen LogP contribution is 2.40. The summed E-state index contributed by atoms with van der Waals surface area (Å²) in [7, 11) is 0. The van der Waals surface area contributed by atoms with Crippen LogP contribution in [-0.4, -0.2) is 5.91 Å². The van der Waals surface area contributed by atoms with Gasteiger partial charge in [-0.2, -0.15) is 0 Å². The second kappa shape index (κ2) is 6.67. The van der Waals surface area contributed by atoms with E-state index in [4.69, 9.17) is 23.2 Å². The van der Waals surface area contributed by atoms with Gasteiger partial charge in [0.25, 0.3) is 5.91 Å². The maximum atomic E-state index is 13.1. The highest BCUT2D eigenvalue weighted by atomic mass is 35.5. The van der Waals surface area contributed by atoms with Crippen LogP contribution in [0.1, 0.15) is 27.7 Å². The van der Waals surface area contributed by atoms with Crippen molar-refractivity contribution >= 4 is 40.5 Å². The van der Waals surface area contributed by atoms with Crippen LogP contribution in [0, 0.1) is 6.92 Å². The number of anilines is 2. The first-order valence-corrected chi connectivity index (χ1v) is 9.01. The minimum atomic E-state index is -0.349. The number of amides is 1. The number of fused-ring (bicyclic) bond motifs is 1. The Morgan fingerprint density at radius 2 is 1.69 bits per heavy atom. The quantitative estimate of drug-likeness (QED) is 0.595. The molecule has 1 amide bonds. The molecule has 0 fully saturated rings. The Morgan fingerprint density at radius 1 is 0.962 bits per heavy atom. The van der Waals surface area contributed by atoms with Crippen molar-refractivity contribution in [3.05, 3.63) is 93.5 Å². The van der Waals surface area contributed by atoms with Gasteiger partial charge in [0, 0.05) is 21.8 Å². The van der Waals surface area contributed by atoms with Crippen LogP contribution < -0.4 is 10.2 Å². The first kappa shape index (κ1) is 17.0. The van der Waals surface area contributed by atoms with Crippen molar-refractivity contribution in [1.29, 1.82) is 0 Å². The smallest absolute Gasteiger partial charge is 0.260 e. The van der Waals surface area contributed by atoms with Gasteiger partial charge in [-0.15, -0.1) is 0 Å². The number of carbonyl (C=O) groups is 1. The van der Waals surface area contributed by atoms with E-state index in [9.17, 15) is 4.79 Å². The summed E-state index contributed by atoms with van der Waals surface area (Å²) in [6.45, 7) is 2.00. The van der Waals surface area contributed by atoms with Crippen LogP contribution in [-0.2, 0) is 0 Å². The van der Waals surface area contributed by atoms with Gasteiger partial charge in [0.2, 0.25) is 0 Å². The summed E-state index contributed by atoms with van der Waals surface area (Å²) in [6, 6.07) is 20.8. The molecule has 0 unspecified atom stereocenters. The van der Waals surface area contributed by atoms with Gasteiger partial charge >= 0.3 is 0 Å². The molecule has 0 aliphatic carbocycles. The van der Waals surface area contributed by atoms with Crippen LogP contribution in [0.4, 0.5) is 11.4 Å². The number of benzene rings is 3. The lowest BCUT2D eigenvalue weighted by molar-refractivity contribution is 0.0993. The van der Waals surface area contributed by atoms with E-state index in [-0.39, 0.29) is 12.1 Å². The number of hydrogen-bond acceptors (Lipinski definition) is 2. The lowest BCUT2D eigenvalue weighted by atomic mass is 10.1. The zero-order chi connectivity index (χ0) is 18.3. The molecule has 1 aliphatic heterocycles. The Labute approximate surface area is 162 Å². The van der Waals surface area contributed by atoms with E-state index in [0.29, 0.717) is 15.6 Å². The summed E-state index contributed by atoms with van der Waals surface area (Å²) < 4.78 is 0. The fourth-order valence-corrected chi connectivity index (χ4v) is 3.76. The van der Waals surface area contributed by atoms with E-state index < -0.39 is 0 Å². The minimum Gasteiger partial charge on any atom is -0.360 e. The fourth-order valence-electron chi connectivity index (χ4n) is 3.29. The summed E-state index contributed by atoms with van der Waals surface area (Å²) in [4.78, 5) is 14.9. The molecule has 1 heterocycles. The molecular formula is C21H16Cl2N2O. The number of rotatable bonds is 3. The Balaban J connectivity index is 1.82. The molecule has 3 aromatic rings. The third-order valence-corrected chi connectivity index (χ3v) is 5.11. The summed E-state index contributed by atoms with van der Waals surface area (Å²) >= 11 is 12.4. The van der Waals surface area contributed by atoms with Crippen LogP contribution in [0.15, 0.2) is 66.7 Å². The molecule has 3 aromatic carbocycles. The van der Waals surface area contributed by atoms with Crippen LogP contribution in [0.3, 0.4) is 0 Å². The van der Waals surface area contributed by atoms with E-state index in [0.717, 1.165) is 22.5 Å². The molecular weight excluding hydrogens is 367 g/mol. The summed E-state index contributed by atoms with van der Waals surface area (Å²) in [6.07, 6.45) is -0.349. The molecule has 0 saturated carbocycles. The van der Waals surface area contributed by atoms with Crippen molar-refractivity contribution in [3.8, 4) is 0 Å². The average Bonchev–Trinajstić information content (AvgIpc) is 2.90. The molecule has 1 atom stereocenters. The Kier molecular flexibility index (Phi) is 4.35. The molecule has 1 aliphatic rings. The fraction of sp³-hybridized carbons (Fsp3) is 0.0952. The molecule has 0 radical (unpaired) electrons. The molecule has 3 nitrogen and oxygen atoms in total. The van der Waals surface area contributed by atoms with Crippen molar-refractivity contribution in [2.24, 2.45) is 0 Å². The maximum absolute atomic E-state index is 13.1. The molecule has 1 N–H and O–H groups in total. The first-order valence-electron chi connectivity index (χ1n) is 8.26. The predicted octanol–water partition coefficient (Wildman–Crippen LogP) is 6.07. The zero-order valence-corrected chi connectivity index (χ0v) is 15.6. The van der Waals surface area contributed by atoms with E-state index >= 15 is 0 Å². The van der Waals surface area contributed by atoms with E-state index in [1.54, 1.807) is 17.0 Å². The molecule has 26 heavy (non-hydrogen) atoms. The maximum Gasteiger partial charge on any atom is 0.260 e. The molecule has 5 heteroatoms. The number of aryl methyl sites for hydroxylation is 1.